The van der Waals surface area contributed by atoms with Crippen LogP contribution < -0.4 is 0 Å². The lowest BCUT2D eigenvalue weighted by Gasteiger charge is -2.16. The molecule has 0 bridgehead atoms. The molecule has 0 unspecified atom stereocenters. The van der Waals surface area contributed by atoms with Crippen LogP contribution in [0, 0.1) is 0 Å². The van der Waals surface area contributed by atoms with Crippen molar-refractivity contribution in [2.24, 2.45) is 0 Å². The summed E-state index contributed by atoms with van der Waals surface area (Å²) in [5, 5.41) is 13.8. The quantitative estimate of drug-likeness (QED) is 0.913. The van der Waals surface area contributed by atoms with Gasteiger partial charge in [-0.3, -0.25) is 9.78 Å². The second-order valence-electron chi connectivity index (χ2n) is 4.91. The zero-order valence-corrected chi connectivity index (χ0v) is 12.4. The summed E-state index contributed by atoms with van der Waals surface area (Å²) < 4.78 is 5.19. The van der Waals surface area contributed by atoms with Crippen molar-refractivity contribution in [2.75, 3.05) is 13.6 Å². The molecule has 6 heteroatoms. The van der Waals surface area contributed by atoms with Gasteiger partial charge < -0.3 is 14.5 Å². The Kier molecular flexibility index (Phi) is 4.70. The Morgan fingerprint density at radius 1 is 1.52 bits per heavy atom. The second kappa shape index (κ2) is 6.49. The molecule has 21 heavy (non-hydrogen) atoms. The molecule has 1 amide bonds. The van der Waals surface area contributed by atoms with Crippen LogP contribution in [0.4, 0.5) is 0 Å². The highest BCUT2D eigenvalue weighted by atomic mass is 16.5. The summed E-state index contributed by atoms with van der Waals surface area (Å²) in [4.78, 5) is 18.2. The lowest BCUT2D eigenvalue weighted by Crippen LogP contribution is -2.28. The van der Waals surface area contributed by atoms with Crippen molar-refractivity contribution in [3.63, 3.8) is 0 Å². The van der Waals surface area contributed by atoms with Crippen LogP contribution in [-0.2, 0) is 0 Å². The maximum Gasteiger partial charge on any atom is 0.259 e. The number of hydrogen-bond donors (Lipinski definition) is 1. The summed E-state index contributed by atoms with van der Waals surface area (Å²) in [7, 11) is 1.72. The highest BCUT2D eigenvalue weighted by Crippen LogP contribution is 2.29. The lowest BCUT2D eigenvalue weighted by atomic mass is 10.0. The Bertz CT molecular complexity index is 608. The van der Waals surface area contributed by atoms with Gasteiger partial charge in [-0.05, 0) is 25.5 Å². The number of carbonyl (C=O) groups excluding carboxylic acids is 1. The molecule has 0 saturated heterocycles. The number of pyridine rings is 1. The highest BCUT2D eigenvalue weighted by molar-refractivity contribution is 6.00. The molecule has 0 aromatic carbocycles. The van der Waals surface area contributed by atoms with E-state index in [0.29, 0.717) is 23.4 Å². The first-order valence-electron chi connectivity index (χ1n) is 6.89. The maximum absolute atomic E-state index is 12.6. The minimum Gasteiger partial charge on any atom is -0.385 e. The van der Waals surface area contributed by atoms with Gasteiger partial charge in [0, 0.05) is 31.5 Å². The molecule has 2 aromatic rings. The Hall–Kier alpha value is -2.21. The van der Waals surface area contributed by atoms with E-state index < -0.39 is 6.10 Å². The van der Waals surface area contributed by atoms with Gasteiger partial charge in [0.1, 0.15) is 17.4 Å². The largest absolute Gasteiger partial charge is 0.385 e. The van der Waals surface area contributed by atoms with Gasteiger partial charge in [0.2, 0.25) is 0 Å². The van der Waals surface area contributed by atoms with Crippen LogP contribution in [0.25, 0.3) is 11.3 Å². The summed E-state index contributed by atoms with van der Waals surface area (Å²) >= 11 is 0. The standard InChI is InChI=1S/C15H19N3O3/c1-4-8-18(3)15(20)12-13(11-6-5-7-16-9-11)17-21-14(12)10(2)19/h5-7,9-10,19H,4,8H2,1-3H3/t10-/m0/s1. The fraction of sp³-hybridized carbons (Fsp3) is 0.400. The first kappa shape index (κ1) is 15.2. The van der Waals surface area contributed by atoms with Crippen molar-refractivity contribution < 1.29 is 14.4 Å². The molecule has 0 radical (unpaired) electrons. The Labute approximate surface area is 123 Å². The monoisotopic (exact) mass is 289 g/mol. The molecule has 2 heterocycles. The van der Waals surface area contributed by atoms with E-state index in [-0.39, 0.29) is 11.7 Å². The number of rotatable bonds is 5. The molecule has 1 atom stereocenters. The molecule has 0 saturated carbocycles. The van der Waals surface area contributed by atoms with Crippen LogP contribution >= 0.6 is 0 Å². The normalized spacial score (nSPS) is 12.2. The molecule has 0 aliphatic heterocycles. The van der Waals surface area contributed by atoms with Gasteiger partial charge in [0.15, 0.2) is 5.76 Å². The van der Waals surface area contributed by atoms with E-state index in [2.05, 4.69) is 10.1 Å². The number of aliphatic hydroxyl groups excluding tert-OH is 1. The molecular formula is C15H19N3O3. The summed E-state index contributed by atoms with van der Waals surface area (Å²) in [5.41, 5.74) is 1.39. The minimum absolute atomic E-state index is 0.182. The van der Waals surface area contributed by atoms with E-state index in [0.717, 1.165) is 6.42 Å². The van der Waals surface area contributed by atoms with Crippen molar-refractivity contribution in [3.8, 4) is 11.3 Å². The van der Waals surface area contributed by atoms with Crippen molar-refractivity contribution in [2.45, 2.75) is 26.4 Å². The predicted octanol–water partition coefficient (Wildman–Crippen LogP) is 2.27. The highest BCUT2D eigenvalue weighted by Gasteiger charge is 2.28. The van der Waals surface area contributed by atoms with Gasteiger partial charge in [-0.1, -0.05) is 12.1 Å². The summed E-state index contributed by atoms with van der Waals surface area (Å²) in [6.07, 6.45) is 3.20. The first-order chi connectivity index (χ1) is 10.1. The van der Waals surface area contributed by atoms with Crippen molar-refractivity contribution in [1.82, 2.24) is 15.0 Å². The molecule has 0 aliphatic rings. The van der Waals surface area contributed by atoms with Gasteiger partial charge >= 0.3 is 0 Å². The van der Waals surface area contributed by atoms with Crippen LogP contribution in [0.5, 0.6) is 0 Å². The molecule has 2 aromatic heterocycles. The molecule has 1 N–H and O–H groups in total. The van der Waals surface area contributed by atoms with E-state index in [4.69, 9.17) is 4.52 Å². The van der Waals surface area contributed by atoms with Crippen molar-refractivity contribution in [3.05, 3.63) is 35.9 Å². The molecule has 0 spiro atoms. The minimum atomic E-state index is -0.906. The zero-order valence-electron chi connectivity index (χ0n) is 12.4. The topological polar surface area (TPSA) is 79.5 Å². The molecule has 0 aliphatic carbocycles. The van der Waals surface area contributed by atoms with E-state index in [9.17, 15) is 9.90 Å². The van der Waals surface area contributed by atoms with E-state index in [1.807, 2.05) is 6.92 Å². The van der Waals surface area contributed by atoms with Gasteiger partial charge in [0.05, 0.1) is 0 Å². The third-order valence-electron chi connectivity index (χ3n) is 3.15. The number of aliphatic hydroxyl groups is 1. The van der Waals surface area contributed by atoms with Gasteiger partial charge in [-0.25, -0.2) is 0 Å². The van der Waals surface area contributed by atoms with E-state index in [1.165, 1.54) is 0 Å². The first-order valence-corrected chi connectivity index (χ1v) is 6.89. The Morgan fingerprint density at radius 2 is 2.29 bits per heavy atom. The van der Waals surface area contributed by atoms with Crippen LogP contribution in [-0.4, -0.2) is 39.6 Å². The van der Waals surface area contributed by atoms with Crippen LogP contribution in [0.15, 0.2) is 29.0 Å². The number of amides is 1. The average Bonchev–Trinajstić information content (AvgIpc) is 2.92. The smallest absolute Gasteiger partial charge is 0.259 e. The van der Waals surface area contributed by atoms with Crippen LogP contribution in [0.1, 0.15) is 42.5 Å². The molecular weight excluding hydrogens is 270 g/mol. The van der Waals surface area contributed by atoms with Gasteiger partial charge in [-0.15, -0.1) is 0 Å². The van der Waals surface area contributed by atoms with Gasteiger partial charge in [0.25, 0.3) is 5.91 Å². The zero-order chi connectivity index (χ0) is 15.4. The van der Waals surface area contributed by atoms with Crippen molar-refractivity contribution >= 4 is 5.91 Å². The molecule has 2 rings (SSSR count). The third-order valence-corrected chi connectivity index (χ3v) is 3.15. The molecule has 112 valence electrons. The van der Waals surface area contributed by atoms with E-state index in [1.54, 1.807) is 43.4 Å². The fourth-order valence-electron chi connectivity index (χ4n) is 2.12. The van der Waals surface area contributed by atoms with Crippen LogP contribution in [0.3, 0.4) is 0 Å². The Morgan fingerprint density at radius 3 is 2.86 bits per heavy atom. The number of aromatic nitrogens is 2. The second-order valence-corrected chi connectivity index (χ2v) is 4.91. The summed E-state index contributed by atoms with van der Waals surface area (Å²) in [5.74, 6) is -0.0327. The number of nitrogens with zero attached hydrogens (tertiary/aromatic N) is 3. The average molecular weight is 289 g/mol. The number of carbonyl (C=O) groups is 1. The summed E-state index contributed by atoms with van der Waals surface area (Å²) in [6.45, 7) is 4.16. The Balaban J connectivity index is 2.51. The third kappa shape index (κ3) is 3.11. The lowest BCUT2D eigenvalue weighted by molar-refractivity contribution is 0.0783. The fourth-order valence-corrected chi connectivity index (χ4v) is 2.12. The SMILES string of the molecule is CCCN(C)C(=O)c1c(-c2cccnc2)noc1[C@H](C)O. The van der Waals surface area contributed by atoms with Crippen LogP contribution in [0.2, 0.25) is 0 Å². The van der Waals surface area contributed by atoms with Crippen molar-refractivity contribution in [1.29, 1.82) is 0 Å². The molecule has 0 fully saturated rings. The van der Waals surface area contributed by atoms with Gasteiger partial charge in [-0.2, -0.15) is 0 Å². The maximum atomic E-state index is 12.6. The number of hydrogen-bond acceptors (Lipinski definition) is 5. The summed E-state index contributed by atoms with van der Waals surface area (Å²) in [6, 6.07) is 3.56. The van der Waals surface area contributed by atoms with E-state index >= 15 is 0 Å². The predicted molar refractivity (Wildman–Crippen MR) is 77.6 cm³/mol. The molecule has 6 nitrogen and oxygen atoms in total.